The Hall–Kier alpha value is -3.08. The SMILES string of the molecule is COC(=O)C(CCCC(Cc1ccc(OC)cc1)C(O[Si](C(C)C)(C(C)C)C(C)C)C(C)OCc1ccc(OC)cc1)NC(=O)OC(C)(C)C. The predicted molar refractivity (Wildman–Crippen MR) is 202 cm³/mol. The summed E-state index contributed by atoms with van der Waals surface area (Å²) in [5, 5.41) is 2.73. The molecular formula is C40H65NO8Si. The summed E-state index contributed by atoms with van der Waals surface area (Å²) in [6.45, 7) is 21.7. The highest BCUT2D eigenvalue weighted by Gasteiger charge is 2.48. The van der Waals surface area contributed by atoms with E-state index >= 15 is 0 Å². The minimum absolute atomic E-state index is 0.0391. The van der Waals surface area contributed by atoms with Crippen LogP contribution in [-0.4, -0.2) is 65.6 Å². The maximum Gasteiger partial charge on any atom is 0.408 e. The standard InChI is InChI=1S/C40H65NO8Si/c1-27(2)50(28(3)4,29(5)6)49-37(30(7)47-26-32-19-23-35(45-12)24-20-32)33(25-31-17-21-34(44-11)22-18-31)15-14-16-36(38(42)46-13)41-39(43)48-40(8,9)10/h17-24,27-30,33,36-37H,14-16,25-26H2,1-13H3,(H,41,43). The molecule has 0 aromatic heterocycles. The molecule has 0 saturated heterocycles. The summed E-state index contributed by atoms with van der Waals surface area (Å²) in [7, 11) is 2.30. The van der Waals surface area contributed by atoms with Gasteiger partial charge in [0.2, 0.25) is 8.32 Å². The van der Waals surface area contributed by atoms with Gasteiger partial charge in [-0.15, -0.1) is 0 Å². The quantitative estimate of drug-likeness (QED) is 0.107. The number of carbonyl (C=O) groups is 2. The summed E-state index contributed by atoms with van der Waals surface area (Å²) in [6, 6.07) is 15.3. The van der Waals surface area contributed by atoms with Crippen molar-refractivity contribution in [2.24, 2.45) is 5.92 Å². The van der Waals surface area contributed by atoms with E-state index in [-0.39, 0.29) is 18.1 Å². The normalized spacial score (nSPS) is 14.6. The summed E-state index contributed by atoms with van der Waals surface area (Å²) in [5.41, 5.74) is 2.65. The van der Waals surface area contributed by atoms with Gasteiger partial charge in [0, 0.05) is 0 Å². The summed E-state index contributed by atoms with van der Waals surface area (Å²) in [4.78, 5) is 25.5. The van der Waals surface area contributed by atoms with Gasteiger partial charge in [0.1, 0.15) is 23.1 Å². The molecule has 282 valence electrons. The molecule has 0 aliphatic carbocycles. The van der Waals surface area contributed by atoms with Crippen molar-refractivity contribution in [1.29, 1.82) is 0 Å². The van der Waals surface area contributed by atoms with E-state index < -0.39 is 32.0 Å². The van der Waals surface area contributed by atoms with Gasteiger partial charge in [-0.2, -0.15) is 0 Å². The smallest absolute Gasteiger partial charge is 0.408 e. The Kier molecular flexibility index (Phi) is 17.3. The summed E-state index contributed by atoms with van der Waals surface area (Å²) in [5.74, 6) is 1.14. The zero-order valence-corrected chi connectivity index (χ0v) is 34.0. The molecule has 0 saturated carbocycles. The third-order valence-electron chi connectivity index (χ3n) is 9.55. The molecule has 2 rings (SSSR count). The minimum atomic E-state index is -2.36. The molecule has 0 bridgehead atoms. The van der Waals surface area contributed by atoms with Crippen LogP contribution < -0.4 is 14.8 Å². The van der Waals surface area contributed by atoms with E-state index in [1.165, 1.54) is 7.11 Å². The van der Waals surface area contributed by atoms with Gasteiger partial charge in [0.05, 0.1) is 40.1 Å². The lowest BCUT2D eigenvalue weighted by molar-refractivity contribution is -0.143. The highest BCUT2D eigenvalue weighted by molar-refractivity contribution is 6.77. The van der Waals surface area contributed by atoms with Crippen molar-refractivity contribution >= 4 is 20.4 Å². The number of hydrogen-bond donors (Lipinski definition) is 1. The minimum Gasteiger partial charge on any atom is -0.497 e. The van der Waals surface area contributed by atoms with E-state index in [4.69, 9.17) is 28.1 Å². The zero-order valence-electron chi connectivity index (χ0n) is 33.0. The van der Waals surface area contributed by atoms with Crippen molar-refractivity contribution in [2.45, 2.75) is 142 Å². The Bertz CT molecular complexity index is 1270. The highest BCUT2D eigenvalue weighted by atomic mass is 28.4. The lowest BCUT2D eigenvalue weighted by atomic mass is 9.86. The number of ether oxygens (including phenoxy) is 5. The van der Waals surface area contributed by atoms with Crippen molar-refractivity contribution in [2.75, 3.05) is 21.3 Å². The third kappa shape index (κ3) is 12.9. The second-order valence-electron chi connectivity index (χ2n) is 15.2. The molecule has 1 amide bonds. The van der Waals surface area contributed by atoms with Crippen molar-refractivity contribution in [3.8, 4) is 11.5 Å². The Morgan fingerprint density at radius 1 is 0.740 bits per heavy atom. The van der Waals surface area contributed by atoms with Crippen molar-refractivity contribution in [1.82, 2.24) is 5.32 Å². The number of benzene rings is 2. The van der Waals surface area contributed by atoms with Crippen LogP contribution in [0.5, 0.6) is 11.5 Å². The average molecular weight is 716 g/mol. The first kappa shape index (κ1) is 43.1. The van der Waals surface area contributed by atoms with Crippen LogP contribution in [0, 0.1) is 5.92 Å². The molecule has 50 heavy (non-hydrogen) atoms. The lowest BCUT2D eigenvalue weighted by Crippen LogP contribution is -2.54. The number of esters is 1. The summed E-state index contributed by atoms with van der Waals surface area (Å²) >= 11 is 0. The topological polar surface area (TPSA) is 102 Å². The fraction of sp³-hybridized carbons (Fsp3) is 0.650. The number of hydrogen-bond acceptors (Lipinski definition) is 8. The maximum absolute atomic E-state index is 12.8. The van der Waals surface area contributed by atoms with Crippen molar-refractivity contribution < 1.29 is 37.7 Å². The summed E-state index contributed by atoms with van der Waals surface area (Å²) in [6.07, 6.45) is 1.39. The molecule has 0 heterocycles. The Labute approximate surface area is 303 Å². The molecule has 0 spiro atoms. The first-order chi connectivity index (χ1) is 23.5. The zero-order chi connectivity index (χ0) is 37.6. The first-order valence-corrected chi connectivity index (χ1v) is 20.2. The molecule has 4 atom stereocenters. The number of carbonyl (C=O) groups excluding carboxylic acids is 2. The van der Waals surface area contributed by atoms with Crippen LogP contribution >= 0.6 is 0 Å². The largest absolute Gasteiger partial charge is 0.497 e. The van der Waals surface area contributed by atoms with Gasteiger partial charge in [-0.25, -0.2) is 9.59 Å². The second-order valence-corrected chi connectivity index (χ2v) is 20.6. The first-order valence-electron chi connectivity index (χ1n) is 18.1. The van der Waals surface area contributed by atoms with Gasteiger partial charge < -0.3 is 33.4 Å². The van der Waals surface area contributed by atoms with Gasteiger partial charge in [-0.3, -0.25) is 0 Å². The number of amides is 1. The summed E-state index contributed by atoms with van der Waals surface area (Å²) < 4.78 is 35.6. The Morgan fingerprint density at radius 3 is 1.68 bits per heavy atom. The van der Waals surface area contributed by atoms with E-state index in [1.807, 2.05) is 36.4 Å². The van der Waals surface area contributed by atoms with E-state index in [0.717, 1.165) is 35.5 Å². The molecule has 0 aliphatic heterocycles. The van der Waals surface area contributed by atoms with Crippen molar-refractivity contribution in [3.63, 3.8) is 0 Å². The highest BCUT2D eigenvalue weighted by Crippen LogP contribution is 2.45. The van der Waals surface area contributed by atoms with Crippen LogP contribution in [-0.2, 0) is 36.5 Å². The molecular weight excluding hydrogens is 651 g/mol. The predicted octanol–water partition coefficient (Wildman–Crippen LogP) is 9.27. The molecule has 2 aromatic rings. The molecule has 0 radical (unpaired) electrons. The number of rotatable bonds is 20. The van der Waals surface area contributed by atoms with Gasteiger partial charge >= 0.3 is 12.1 Å². The molecule has 1 N–H and O–H groups in total. The van der Waals surface area contributed by atoms with Gasteiger partial charge in [0.25, 0.3) is 0 Å². The molecule has 10 heteroatoms. The number of nitrogens with one attached hydrogen (secondary N) is 1. The Balaban J connectivity index is 2.52. The van der Waals surface area contributed by atoms with Gasteiger partial charge in [-0.05, 0) is 105 Å². The monoisotopic (exact) mass is 715 g/mol. The van der Waals surface area contributed by atoms with Crippen LogP contribution in [0.4, 0.5) is 4.79 Å². The van der Waals surface area contributed by atoms with Crippen molar-refractivity contribution in [3.05, 3.63) is 59.7 Å². The van der Waals surface area contributed by atoms with Crippen LogP contribution in [0.2, 0.25) is 16.6 Å². The number of alkyl carbamates (subject to hydrolysis) is 1. The Morgan fingerprint density at radius 2 is 1.24 bits per heavy atom. The third-order valence-corrected chi connectivity index (χ3v) is 15.6. The van der Waals surface area contributed by atoms with E-state index in [9.17, 15) is 9.59 Å². The molecule has 2 aromatic carbocycles. The van der Waals surface area contributed by atoms with Crippen LogP contribution in [0.15, 0.2) is 48.5 Å². The lowest BCUT2D eigenvalue weighted by Gasteiger charge is -2.47. The molecule has 4 unspecified atom stereocenters. The van der Waals surface area contributed by atoms with Gasteiger partial charge in [-0.1, -0.05) is 72.2 Å². The second kappa shape index (κ2) is 20.1. The van der Waals surface area contributed by atoms with Crippen LogP contribution in [0.25, 0.3) is 0 Å². The van der Waals surface area contributed by atoms with E-state index in [2.05, 4.69) is 65.9 Å². The van der Waals surface area contributed by atoms with Crippen LogP contribution in [0.3, 0.4) is 0 Å². The molecule has 0 fully saturated rings. The fourth-order valence-corrected chi connectivity index (χ4v) is 12.8. The van der Waals surface area contributed by atoms with Crippen LogP contribution in [0.1, 0.15) is 99.6 Å². The molecule has 0 aliphatic rings. The maximum atomic E-state index is 12.8. The average Bonchev–Trinajstić information content (AvgIpc) is 3.05. The molecule has 9 nitrogen and oxygen atoms in total. The fourth-order valence-electron chi connectivity index (χ4n) is 7.14. The van der Waals surface area contributed by atoms with Gasteiger partial charge in [0.15, 0.2) is 0 Å². The van der Waals surface area contributed by atoms with E-state index in [0.29, 0.717) is 36.1 Å². The van der Waals surface area contributed by atoms with E-state index in [1.54, 1.807) is 35.0 Å². The number of methoxy groups -OCH3 is 3.